The Balaban J connectivity index is 0.000000637. The van der Waals surface area contributed by atoms with Crippen molar-refractivity contribution in [3.63, 3.8) is 0 Å². The van der Waals surface area contributed by atoms with E-state index in [0.29, 0.717) is 5.56 Å². The number of nitrogens with zero attached hydrogens (tertiary/aromatic N) is 1. The average Bonchev–Trinajstić information content (AvgIpc) is 2.58. The van der Waals surface area contributed by atoms with E-state index < -0.39 is 0 Å². The molecule has 0 saturated carbocycles. The fraction of sp³-hybridized carbons (Fsp3) is 0.188. The van der Waals surface area contributed by atoms with Gasteiger partial charge in [-0.1, -0.05) is 38.1 Å². The minimum atomic E-state index is 0.0121. The molecular formula is C16H18N2O. The highest BCUT2D eigenvalue weighted by Crippen LogP contribution is 2.34. The molecule has 0 saturated heterocycles. The molecule has 3 rings (SSSR count). The number of fused-ring (bicyclic) bond motifs is 2. The van der Waals surface area contributed by atoms with E-state index in [2.05, 4.69) is 5.32 Å². The zero-order chi connectivity index (χ0) is 13.8. The molecule has 2 aromatic rings. The molecule has 3 heteroatoms. The first-order valence-corrected chi connectivity index (χ1v) is 6.50. The highest BCUT2D eigenvalue weighted by molar-refractivity contribution is 6.13. The largest absolute Gasteiger partial charge is 0.353 e. The Labute approximate surface area is 113 Å². The standard InChI is InChI=1S/C14H12N2O.C2H6/c1-16-13-9-5-4-8-12(13)15-11-7-3-2-6-10(11)14(16)17;1-2/h2-9,15H,1H3;1-2H3. The van der Waals surface area contributed by atoms with Crippen LogP contribution in [0.3, 0.4) is 0 Å². The third kappa shape index (κ3) is 2.32. The van der Waals surface area contributed by atoms with Crippen molar-refractivity contribution in [1.82, 2.24) is 0 Å². The molecule has 0 bridgehead atoms. The Kier molecular flexibility index (Phi) is 3.85. The minimum Gasteiger partial charge on any atom is -0.353 e. The molecule has 3 nitrogen and oxygen atoms in total. The number of amides is 1. The van der Waals surface area contributed by atoms with Gasteiger partial charge >= 0.3 is 0 Å². The lowest BCUT2D eigenvalue weighted by Crippen LogP contribution is -2.25. The summed E-state index contributed by atoms with van der Waals surface area (Å²) < 4.78 is 0. The van der Waals surface area contributed by atoms with E-state index in [9.17, 15) is 4.79 Å². The highest BCUT2D eigenvalue weighted by atomic mass is 16.2. The van der Waals surface area contributed by atoms with Crippen LogP contribution in [0.4, 0.5) is 17.1 Å². The van der Waals surface area contributed by atoms with Crippen LogP contribution in [0.2, 0.25) is 0 Å². The zero-order valence-electron chi connectivity index (χ0n) is 11.5. The van der Waals surface area contributed by atoms with Crippen LogP contribution in [0.25, 0.3) is 0 Å². The predicted molar refractivity (Wildman–Crippen MR) is 80.2 cm³/mol. The molecule has 1 heterocycles. The van der Waals surface area contributed by atoms with Gasteiger partial charge in [-0.05, 0) is 24.3 Å². The highest BCUT2D eigenvalue weighted by Gasteiger charge is 2.22. The predicted octanol–water partition coefficient (Wildman–Crippen LogP) is 4.05. The minimum absolute atomic E-state index is 0.0121. The number of carbonyl (C=O) groups excluding carboxylic acids is 1. The Morgan fingerprint density at radius 2 is 1.47 bits per heavy atom. The molecule has 0 aliphatic carbocycles. The molecule has 0 fully saturated rings. The quantitative estimate of drug-likeness (QED) is 0.769. The fourth-order valence-corrected chi connectivity index (χ4v) is 2.09. The summed E-state index contributed by atoms with van der Waals surface area (Å²) in [6.07, 6.45) is 0. The molecule has 1 aliphatic heterocycles. The van der Waals surface area contributed by atoms with Gasteiger partial charge in [-0.25, -0.2) is 0 Å². The summed E-state index contributed by atoms with van der Waals surface area (Å²) in [4.78, 5) is 14.0. The zero-order valence-corrected chi connectivity index (χ0v) is 11.5. The summed E-state index contributed by atoms with van der Waals surface area (Å²) >= 11 is 0. The van der Waals surface area contributed by atoms with Gasteiger partial charge in [0.15, 0.2) is 0 Å². The van der Waals surface area contributed by atoms with Crippen molar-refractivity contribution in [1.29, 1.82) is 0 Å². The molecule has 0 atom stereocenters. The van der Waals surface area contributed by atoms with Crippen molar-refractivity contribution in [2.45, 2.75) is 13.8 Å². The second kappa shape index (κ2) is 5.57. The van der Waals surface area contributed by atoms with Gasteiger partial charge in [-0.2, -0.15) is 0 Å². The number of para-hydroxylation sites is 3. The Hall–Kier alpha value is -2.29. The van der Waals surface area contributed by atoms with Gasteiger partial charge in [0.1, 0.15) is 0 Å². The Morgan fingerprint density at radius 1 is 0.895 bits per heavy atom. The number of hydrogen-bond donors (Lipinski definition) is 1. The number of hydrogen-bond acceptors (Lipinski definition) is 2. The van der Waals surface area contributed by atoms with Gasteiger partial charge in [0.05, 0.1) is 22.6 Å². The molecule has 0 radical (unpaired) electrons. The SMILES string of the molecule is CC.CN1C(=O)c2ccccc2Nc2ccccc21. The summed E-state index contributed by atoms with van der Waals surface area (Å²) in [6, 6.07) is 15.4. The molecule has 0 unspecified atom stereocenters. The van der Waals surface area contributed by atoms with Crippen LogP contribution >= 0.6 is 0 Å². The summed E-state index contributed by atoms with van der Waals surface area (Å²) in [5, 5.41) is 3.30. The van der Waals surface area contributed by atoms with Crippen LogP contribution < -0.4 is 10.2 Å². The second-order valence-electron chi connectivity index (χ2n) is 4.05. The van der Waals surface area contributed by atoms with Crippen LogP contribution in [0.5, 0.6) is 0 Å². The van der Waals surface area contributed by atoms with Gasteiger partial charge in [-0.3, -0.25) is 4.79 Å². The normalized spacial score (nSPS) is 12.4. The monoisotopic (exact) mass is 254 g/mol. The van der Waals surface area contributed by atoms with E-state index >= 15 is 0 Å². The van der Waals surface area contributed by atoms with E-state index in [0.717, 1.165) is 17.1 Å². The lowest BCUT2D eigenvalue weighted by atomic mass is 10.1. The maximum absolute atomic E-state index is 12.3. The first-order valence-electron chi connectivity index (χ1n) is 6.50. The summed E-state index contributed by atoms with van der Waals surface area (Å²) in [5.74, 6) is 0.0121. The van der Waals surface area contributed by atoms with Crippen molar-refractivity contribution >= 4 is 23.0 Å². The van der Waals surface area contributed by atoms with Crippen LogP contribution in [-0.2, 0) is 0 Å². The van der Waals surface area contributed by atoms with Crippen LogP contribution in [0.15, 0.2) is 48.5 Å². The molecule has 0 spiro atoms. The van der Waals surface area contributed by atoms with Crippen LogP contribution in [-0.4, -0.2) is 13.0 Å². The van der Waals surface area contributed by atoms with Crippen LogP contribution in [0.1, 0.15) is 24.2 Å². The van der Waals surface area contributed by atoms with Crippen molar-refractivity contribution in [3.8, 4) is 0 Å². The fourth-order valence-electron chi connectivity index (χ4n) is 2.09. The molecule has 98 valence electrons. The lowest BCUT2D eigenvalue weighted by molar-refractivity contribution is 0.0994. The van der Waals surface area contributed by atoms with Crippen molar-refractivity contribution in [2.24, 2.45) is 0 Å². The van der Waals surface area contributed by atoms with Gasteiger partial charge in [0, 0.05) is 7.05 Å². The topological polar surface area (TPSA) is 32.3 Å². The lowest BCUT2D eigenvalue weighted by Gasteiger charge is -2.16. The maximum Gasteiger partial charge on any atom is 0.260 e. The average molecular weight is 254 g/mol. The number of carbonyl (C=O) groups is 1. The Bertz CT molecular complexity index is 593. The molecule has 2 aromatic carbocycles. The van der Waals surface area contributed by atoms with E-state index in [1.807, 2.05) is 62.4 Å². The first-order chi connectivity index (χ1) is 9.27. The third-order valence-corrected chi connectivity index (χ3v) is 3.00. The molecule has 0 aromatic heterocycles. The van der Waals surface area contributed by atoms with Crippen LogP contribution in [0, 0.1) is 0 Å². The molecular weight excluding hydrogens is 236 g/mol. The van der Waals surface area contributed by atoms with E-state index in [4.69, 9.17) is 0 Å². The first kappa shape index (κ1) is 13.1. The van der Waals surface area contributed by atoms with Crippen molar-refractivity contribution in [2.75, 3.05) is 17.3 Å². The van der Waals surface area contributed by atoms with Gasteiger partial charge < -0.3 is 10.2 Å². The summed E-state index contributed by atoms with van der Waals surface area (Å²) in [7, 11) is 1.80. The van der Waals surface area contributed by atoms with Crippen molar-refractivity contribution in [3.05, 3.63) is 54.1 Å². The summed E-state index contributed by atoms with van der Waals surface area (Å²) in [6.45, 7) is 4.00. The van der Waals surface area contributed by atoms with E-state index in [1.165, 1.54) is 0 Å². The van der Waals surface area contributed by atoms with Gasteiger partial charge in [-0.15, -0.1) is 0 Å². The number of nitrogens with one attached hydrogen (secondary N) is 1. The summed E-state index contributed by atoms with van der Waals surface area (Å²) in [5.41, 5.74) is 3.41. The van der Waals surface area contributed by atoms with E-state index in [-0.39, 0.29) is 5.91 Å². The Morgan fingerprint density at radius 3 is 2.21 bits per heavy atom. The number of anilines is 3. The van der Waals surface area contributed by atoms with E-state index in [1.54, 1.807) is 11.9 Å². The molecule has 1 N–H and O–H groups in total. The maximum atomic E-state index is 12.3. The van der Waals surface area contributed by atoms with Gasteiger partial charge in [0.25, 0.3) is 5.91 Å². The smallest absolute Gasteiger partial charge is 0.260 e. The van der Waals surface area contributed by atoms with Crippen molar-refractivity contribution < 1.29 is 4.79 Å². The second-order valence-corrected chi connectivity index (χ2v) is 4.05. The molecule has 1 aliphatic rings. The number of benzene rings is 2. The molecule has 19 heavy (non-hydrogen) atoms. The van der Waals surface area contributed by atoms with Gasteiger partial charge in [0.2, 0.25) is 0 Å². The molecule has 1 amide bonds. The third-order valence-electron chi connectivity index (χ3n) is 3.00. The number of rotatable bonds is 0.